The number of amides is 1. The van der Waals surface area contributed by atoms with E-state index >= 15 is 0 Å². The van der Waals surface area contributed by atoms with E-state index in [9.17, 15) is 4.79 Å². The number of fused-ring (bicyclic) bond motifs is 1. The molecule has 4 rings (SSSR count). The largest absolute Gasteiger partial charge is 0.497 e. The average Bonchev–Trinajstić information content (AvgIpc) is 3.12. The molecule has 1 fully saturated rings. The minimum absolute atomic E-state index is 0.0468. The number of rotatable bonds is 4. The summed E-state index contributed by atoms with van der Waals surface area (Å²) in [6, 6.07) is 17.4. The van der Waals surface area contributed by atoms with Gasteiger partial charge in [0, 0.05) is 18.5 Å². The highest BCUT2D eigenvalue weighted by Gasteiger charge is 2.31. The first-order chi connectivity index (χ1) is 12.8. The molecule has 0 aliphatic carbocycles. The summed E-state index contributed by atoms with van der Waals surface area (Å²) in [5, 5.41) is 0.926. The van der Waals surface area contributed by atoms with Crippen LogP contribution in [0.3, 0.4) is 0 Å². The molecule has 1 aromatic heterocycles. The predicted octanol–water partition coefficient (Wildman–Crippen LogP) is 3.43. The Hall–Kier alpha value is -2.79. The summed E-state index contributed by atoms with van der Waals surface area (Å²) in [6.07, 6.45) is 0. The van der Waals surface area contributed by atoms with Gasteiger partial charge in [-0.3, -0.25) is 4.79 Å². The van der Waals surface area contributed by atoms with E-state index in [1.807, 2.05) is 59.5 Å². The number of furan rings is 1. The summed E-state index contributed by atoms with van der Waals surface area (Å²) in [6.45, 7) is 2.36. The minimum Gasteiger partial charge on any atom is -0.497 e. The van der Waals surface area contributed by atoms with Crippen LogP contribution >= 0.6 is 0 Å². The van der Waals surface area contributed by atoms with Crippen molar-refractivity contribution in [3.05, 3.63) is 65.9 Å². The number of nitrogens with zero attached hydrogens (tertiary/aromatic N) is 1. The third kappa shape index (κ3) is 3.18. The quantitative estimate of drug-likeness (QED) is 0.723. The van der Waals surface area contributed by atoms with Gasteiger partial charge >= 0.3 is 0 Å². The molecule has 3 aromatic rings. The van der Waals surface area contributed by atoms with Crippen LogP contribution in [0.4, 0.5) is 0 Å². The van der Waals surface area contributed by atoms with Crippen LogP contribution in [0.25, 0.3) is 11.0 Å². The van der Waals surface area contributed by atoms with Crippen LogP contribution in [-0.4, -0.2) is 44.2 Å². The fourth-order valence-electron chi connectivity index (χ4n) is 3.35. The van der Waals surface area contributed by atoms with Gasteiger partial charge < -0.3 is 18.8 Å². The van der Waals surface area contributed by atoms with Crippen LogP contribution < -0.4 is 4.74 Å². The van der Waals surface area contributed by atoms with Gasteiger partial charge in [-0.05, 0) is 29.8 Å². The molecule has 0 radical (unpaired) electrons. The van der Waals surface area contributed by atoms with Crippen molar-refractivity contribution < 1.29 is 18.7 Å². The smallest absolute Gasteiger partial charge is 0.237 e. The van der Waals surface area contributed by atoms with Gasteiger partial charge in [-0.25, -0.2) is 0 Å². The first-order valence-electron chi connectivity index (χ1n) is 8.75. The van der Waals surface area contributed by atoms with Crippen LogP contribution in [-0.2, 0) is 9.53 Å². The zero-order valence-electron chi connectivity index (χ0n) is 14.7. The number of ether oxygens (including phenoxy) is 2. The van der Waals surface area contributed by atoms with E-state index in [2.05, 4.69) is 0 Å². The van der Waals surface area contributed by atoms with Crippen molar-refractivity contribution in [1.82, 2.24) is 4.90 Å². The third-order valence-electron chi connectivity index (χ3n) is 4.73. The Balaban J connectivity index is 1.76. The number of hydrogen-bond acceptors (Lipinski definition) is 4. The highest BCUT2D eigenvalue weighted by atomic mass is 16.5. The van der Waals surface area contributed by atoms with Gasteiger partial charge in [-0.1, -0.05) is 30.3 Å². The Labute approximate surface area is 152 Å². The maximum atomic E-state index is 13.3. The maximum Gasteiger partial charge on any atom is 0.237 e. The second kappa shape index (κ2) is 7.22. The van der Waals surface area contributed by atoms with E-state index in [0.29, 0.717) is 32.1 Å². The molecule has 2 heterocycles. The molecule has 5 heteroatoms. The van der Waals surface area contributed by atoms with Gasteiger partial charge in [-0.15, -0.1) is 0 Å². The minimum atomic E-state index is -0.465. The van der Waals surface area contributed by atoms with Crippen molar-refractivity contribution in [3.63, 3.8) is 0 Å². The van der Waals surface area contributed by atoms with Crippen LogP contribution in [0.2, 0.25) is 0 Å². The van der Waals surface area contributed by atoms with E-state index in [1.165, 1.54) is 0 Å². The van der Waals surface area contributed by atoms with E-state index in [1.54, 1.807) is 7.11 Å². The maximum absolute atomic E-state index is 13.3. The average molecular weight is 351 g/mol. The number of morpholine rings is 1. The first kappa shape index (κ1) is 16.7. The Kier molecular flexibility index (Phi) is 4.63. The lowest BCUT2D eigenvalue weighted by molar-refractivity contribution is -0.136. The topological polar surface area (TPSA) is 51.9 Å². The lowest BCUT2D eigenvalue weighted by Crippen LogP contribution is -2.43. The molecule has 26 heavy (non-hydrogen) atoms. The second-order valence-corrected chi connectivity index (χ2v) is 6.33. The normalized spacial score (nSPS) is 15.8. The lowest BCUT2D eigenvalue weighted by Gasteiger charge is -2.30. The van der Waals surface area contributed by atoms with Gasteiger partial charge in [-0.2, -0.15) is 0 Å². The number of carbonyl (C=O) groups excluding carboxylic acids is 1. The van der Waals surface area contributed by atoms with E-state index in [4.69, 9.17) is 13.9 Å². The van der Waals surface area contributed by atoms with Gasteiger partial charge in [0.25, 0.3) is 0 Å². The molecule has 1 saturated heterocycles. The zero-order chi connectivity index (χ0) is 17.9. The predicted molar refractivity (Wildman–Crippen MR) is 98.5 cm³/mol. The zero-order valence-corrected chi connectivity index (χ0v) is 14.7. The molecule has 1 aliphatic heterocycles. The second-order valence-electron chi connectivity index (χ2n) is 6.33. The number of carbonyl (C=O) groups is 1. The van der Waals surface area contributed by atoms with Gasteiger partial charge in [0.05, 0.1) is 20.3 Å². The van der Waals surface area contributed by atoms with Gasteiger partial charge in [0.2, 0.25) is 5.91 Å². The molecule has 0 N–H and O–H groups in total. The molecule has 1 unspecified atom stereocenters. The monoisotopic (exact) mass is 351 g/mol. The number of methoxy groups -OCH3 is 1. The first-order valence-corrected chi connectivity index (χ1v) is 8.75. The fraction of sp³-hybridized carbons (Fsp3) is 0.286. The Morgan fingerprint density at radius 2 is 1.85 bits per heavy atom. The molecule has 0 saturated carbocycles. The van der Waals surface area contributed by atoms with Crippen LogP contribution in [0, 0.1) is 0 Å². The molecule has 1 atom stereocenters. The van der Waals surface area contributed by atoms with Crippen molar-refractivity contribution in [3.8, 4) is 5.75 Å². The summed E-state index contributed by atoms with van der Waals surface area (Å²) in [5.41, 5.74) is 1.67. The molecule has 5 nitrogen and oxygen atoms in total. The van der Waals surface area contributed by atoms with Crippen molar-refractivity contribution >= 4 is 16.9 Å². The summed E-state index contributed by atoms with van der Waals surface area (Å²) in [4.78, 5) is 15.1. The Bertz CT molecular complexity index is 897. The standard InChI is InChI=1S/C21H21NO4/c1-24-17-7-8-18-16(13-17)14-19(26-18)20(15-5-3-2-4-6-15)21(23)22-9-11-25-12-10-22/h2-8,13-14,20H,9-12H2,1H3. The Morgan fingerprint density at radius 3 is 2.58 bits per heavy atom. The molecule has 134 valence electrons. The van der Waals surface area contributed by atoms with Crippen molar-refractivity contribution in [1.29, 1.82) is 0 Å². The van der Waals surface area contributed by atoms with Crippen LogP contribution in [0.5, 0.6) is 5.75 Å². The van der Waals surface area contributed by atoms with Crippen molar-refractivity contribution in [2.45, 2.75) is 5.92 Å². The summed E-state index contributed by atoms with van der Waals surface area (Å²) < 4.78 is 16.7. The van der Waals surface area contributed by atoms with Crippen LogP contribution in [0.1, 0.15) is 17.2 Å². The van der Waals surface area contributed by atoms with E-state index in [-0.39, 0.29) is 5.91 Å². The van der Waals surface area contributed by atoms with Gasteiger partial charge in [0.1, 0.15) is 23.0 Å². The Morgan fingerprint density at radius 1 is 1.08 bits per heavy atom. The summed E-state index contributed by atoms with van der Waals surface area (Å²) in [5.74, 6) is 0.995. The highest BCUT2D eigenvalue weighted by Crippen LogP contribution is 2.33. The molecule has 0 bridgehead atoms. The number of benzene rings is 2. The van der Waals surface area contributed by atoms with Gasteiger partial charge in [0.15, 0.2) is 0 Å². The summed E-state index contributed by atoms with van der Waals surface area (Å²) in [7, 11) is 1.64. The van der Waals surface area contributed by atoms with Crippen LogP contribution in [0.15, 0.2) is 59.0 Å². The summed E-state index contributed by atoms with van der Waals surface area (Å²) >= 11 is 0. The molecular formula is C21H21NO4. The molecular weight excluding hydrogens is 330 g/mol. The molecule has 1 aliphatic rings. The SMILES string of the molecule is COc1ccc2oc(C(C(=O)N3CCOCC3)c3ccccc3)cc2c1. The molecule has 0 spiro atoms. The number of hydrogen-bond donors (Lipinski definition) is 0. The lowest BCUT2D eigenvalue weighted by atomic mass is 9.94. The van der Waals surface area contributed by atoms with Crippen molar-refractivity contribution in [2.75, 3.05) is 33.4 Å². The van der Waals surface area contributed by atoms with E-state index in [0.717, 1.165) is 22.3 Å². The fourth-order valence-corrected chi connectivity index (χ4v) is 3.35. The highest BCUT2D eigenvalue weighted by molar-refractivity contribution is 5.89. The third-order valence-corrected chi connectivity index (χ3v) is 4.73. The van der Waals surface area contributed by atoms with E-state index < -0.39 is 5.92 Å². The molecule has 2 aromatic carbocycles. The molecule has 1 amide bonds. The van der Waals surface area contributed by atoms with Crippen molar-refractivity contribution in [2.24, 2.45) is 0 Å².